The second kappa shape index (κ2) is 10.1. The summed E-state index contributed by atoms with van der Waals surface area (Å²) in [5.41, 5.74) is 0.361. The first kappa shape index (κ1) is 21.3. The van der Waals surface area contributed by atoms with Crippen LogP contribution in [0.1, 0.15) is 20.8 Å². The third kappa shape index (κ3) is 9.32. The van der Waals surface area contributed by atoms with Crippen LogP contribution in [0.4, 0.5) is 0 Å². The molecule has 0 aromatic carbocycles. The minimum Gasteiger partial charge on any atom is -0.460 e. The van der Waals surface area contributed by atoms with Crippen molar-refractivity contribution >= 4 is 14.3 Å². The highest BCUT2D eigenvalue weighted by molar-refractivity contribution is 6.69. The highest BCUT2D eigenvalue weighted by atomic mass is 28.4. The van der Waals surface area contributed by atoms with Crippen LogP contribution in [0.15, 0.2) is 12.2 Å². The zero-order valence-corrected chi connectivity index (χ0v) is 15.7. The number of rotatable bonds is 12. The second-order valence-electron chi connectivity index (χ2n) is 5.73. The first-order chi connectivity index (χ1) is 10.2. The van der Waals surface area contributed by atoms with Gasteiger partial charge in [0.1, 0.15) is 13.2 Å². The molecule has 0 aromatic rings. The van der Waals surface area contributed by atoms with Crippen LogP contribution in [0.3, 0.4) is 0 Å². The van der Waals surface area contributed by atoms with E-state index < -0.39 is 20.3 Å². The summed E-state index contributed by atoms with van der Waals surface area (Å²) >= 11 is 0. The van der Waals surface area contributed by atoms with Crippen molar-refractivity contribution in [1.29, 1.82) is 0 Å². The Morgan fingerprint density at radius 2 is 1.64 bits per heavy atom. The van der Waals surface area contributed by atoms with E-state index in [9.17, 15) is 4.79 Å². The second-order valence-corrected chi connectivity index (χ2v) is 10.2. The van der Waals surface area contributed by atoms with E-state index in [1.807, 2.05) is 13.8 Å². The Hall–Kier alpha value is -0.733. The van der Waals surface area contributed by atoms with Gasteiger partial charge in [-0.3, -0.25) is 0 Å². The molecule has 0 aliphatic rings. The number of hydrogen-bond acceptors (Lipinski definition) is 6. The van der Waals surface area contributed by atoms with Gasteiger partial charge in [-0.1, -0.05) is 6.58 Å². The fraction of sp³-hybridized carbons (Fsp3) is 0.800. The average molecular weight is 334 g/mol. The predicted octanol–water partition coefficient (Wildman–Crippen LogP) is 2.70. The monoisotopic (exact) mass is 334 g/mol. The first-order valence-corrected chi connectivity index (χ1v) is 10.9. The third-order valence-corrected chi connectivity index (χ3v) is 3.20. The van der Waals surface area contributed by atoms with Crippen LogP contribution in [0.2, 0.25) is 19.6 Å². The van der Waals surface area contributed by atoms with Gasteiger partial charge in [-0.05, 0) is 40.4 Å². The van der Waals surface area contributed by atoms with Crippen molar-refractivity contribution in [2.45, 2.75) is 46.4 Å². The topological polar surface area (TPSA) is 63.2 Å². The number of esters is 1. The Balaban J connectivity index is 4.45. The number of carbonyl (C=O) groups is 1. The van der Waals surface area contributed by atoms with Crippen molar-refractivity contribution in [2.24, 2.45) is 0 Å². The first-order valence-electron chi connectivity index (χ1n) is 7.54. The molecule has 0 saturated carbocycles. The number of carbonyl (C=O) groups excluding carboxylic acids is 1. The zero-order valence-electron chi connectivity index (χ0n) is 14.7. The highest BCUT2D eigenvalue weighted by Gasteiger charge is 2.38. The molecule has 0 spiro atoms. The molecule has 0 amide bonds. The molecule has 0 aliphatic carbocycles. The molecule has 0 heterocycles. The molecular formula is C15H30O6Si. The van der Waals surface area contributed by atoms with E-state index in [2.05, 4.69) is 26.2 Å². The van der Waals surface area contributed by atoms with Crippen LogP contribution in [0.5, 0.6) is 0 Å². The summed E-state index contributed by atoms with van der Waals surface area (Å²) in [7, 11) is -1.90. The van der Waals surface area contributed by atoms with Crippen LogP contribution < -0.4 is 0 Å². The normalized spacial score (nSPS) is 12.3. The van der Waals surface area contributed by atoms with Gasteiger partial charge in [0.05, 0.1) is 6.61 Å². The standard InChI is InChI=1S/C15H30O6Si/c1-8-19-15(20-9-2,21-22(5,6)7)12-17-10-11-18-14(16)13(3)4/h3,8-12H2,1-2,4-7H3. The molecule has 6 nitrogen and oxygen atoms in total. The van der Waals surface area contributed by atoms with E-state index in [0.29, 0.717) is 18.8 Å². The maximum atomic E-state index is 11.2. The molecule has 130 valence electrons. The van der Waals surface area contributed by atoms with Crippen molar-refractivity contribution < 1.29 is 28.2 Å². The smallest absolute Gasteiger partial charge is 0.333 e. The molecular weight excluding hydrogens is 304 g/mol. The molecule has 0 rings (SSSR count). The van der Waals surface area contributed by atoms with Gasteiger partial charge in [0.15, 0.2) is 8.32 Å². The van der Waals surface area contributed by atoms with Crippen LogP contribution in [0, 0.1) is 0 Å². The Morgan fingerprint density at radius 1 is 1.09 bits per heavy atom. The summed E-state index contributed by atoms with van der Waals surface area (Å²) in [6, 6.07) is 0. The van der Waals surface area contributed by atoms with Gasteiger partial charge in [0, 0.05) is 18.8 Å². The lowest BCUT2D eigenvalue weighted by atomic mass is 10.4. The van der Waals surface area contributed by atoms with E-state index in [1.54, 1.807) is 6.92 Å². The minimum atomic E-state index is -1.90. The van der Waals surface area contributed by atoms with Gasteiger partial charge in [0.2, 0.25) is 0 Å². The van der Waals surface area contributed by atoms with Gasteiger partial charge in [-0.15, -0.1) is 0 Å². The Kier molecular flexibility index (Phi) is 9.78. The number of ether oxygens (including phenoxy) is 4. The minimum absolute atomic E-state index is 0.115. The Morgan fingerprint density at radius 3 is 2.05 bits per heavy atom. The average Bonchev–Trinajstić information content (AvgIpc) is 2.36. The Bertz CT molecular complexity index is 344. The quantitative estimate of drug-likeness (QED) is 0.180. The van der Waals surface area contributed by atoms with Crippen molar-refractivity contribution in [3.8, 4) is 0 Å². The maximum Gasteiger partial charge on any atom is 0.333 e. The molecule has 0 aromatic heterocycles. The van der Waals surface area contributed by atoms with Gasteiger partial charge in [-0.2, -0.15) is 0 Å². The van der Waals surface area contributed by atoms with Gasteiger partial charge in [0.25, 0.3) is 5.97 Å². The van der Waals surface area contributed by atoms with Gasteiger partial charge >= 0.3 is 5.97 Å². The maximum absolute atomic E-state index is 11.2. The van der Waals surface area contributed by atoms with Crippen molar-refractivity contribution in [1.82, 2.24) is 0 Å². The highest BCUT2D eigenvalue weighted by Crippen LogP contribution is 2.22. The van der Waals surface area contributed by atoms with Gasteiger partial charge in [-0.25, -0.2) is 4.79 Å². The third-order valence-electron chi connectivity index (χ3n) is 2.28. The summed E-state index contributed by atoms with van der Waals surface area (Å²) in [4.78, 5) is 11.2. The summed E-state index contributed by atoms with van der Waals surface area (Å²) in [5.74, 6) is -1.63. The SMILES string of the molecule is C=C(C)C(=O)OCCOCC(OCC)(OCC)O[Si](C)(C)C. The van der Waals surface area contributed by atoms with E-state index in [4.69, 9.17) is 23.4 Å². The van der Waals surface area contributed by atoms with Crippen LogP contribution >= 0.6 is 0 Å². The molecule has 0 bridgehead atoms. The summed E-state index contributed by atoms with van der Waals surface area (Å²) in [6.45, 7) is 16.4. The fourth-order valence-corrected chi connectivity index (χ4v) is 2.74. The van der Waals surface area contributed by atoms with Crippen LogP contribution in [-0.4, -0.2) is 53.3 Å². The van der Waals surface area contributed by atoms with E-state index >= 15 is 0 Å². The summed E-state index contributed by atoms with van der Waals surface area (Å²) in [6.07, 6.45) is 0. The van der Waals surface area contributed by atoms with Crippen molar-refractivity contribution in [2.75, 3.05) is 33.0 Å². The fourth-order valence-electron chi connectivity index (χ4n) is 1.63. The molecule has 0 N–H and O–H groups in total. The molecule has 0 aliphatic heterocycles. The molecule has 0 radical (unpaired) electrons. The lowest BCUT2D eigenvalue weighted by molar-refractivity contribution is -0.362. The lowest BCUT2D eigenvalue weighted by Gasteiger charge is -2.37. The number of hydrogen-bond donors (Lipinski definition) is 0. The summed E-state index contributed by atoms with van der Waals surface area (Å²) in [5, 5.41) is 0. The molecule has 0 atom stereocenters. The van der Waals surface area contributed by atoms with E-state index in [1.165, 1.54) is 0 Å². The molecule has 7 heteroatoms. The zero-order chi connectivity index (χ0) is 17.2. The van der Waals surface area contributed by atoms with Crippen molar-refractivity contribution in [3.05, 3.63) is 12.2 Å². The summed E-state index contributed by atoms with van der Waals surface area (Å²) < 4.78 is 27.8. The van der Waals surface area contributed by atoms with E-state index in [0.717, 1.165) is 0 Å². The molecule has 0 saturated heterocycles. The van der Waals surface area contributed by atoms with E-state index in [-0.39, 0.29) is 19.8 Å². The molecule has 0 unspecified atom stereocenters. The predicted molar refractivity (Wildman–Crippen MR) is 87.0 cm³/mol. The lowest BCUT2D eigenvalue weighted by Crippen LogP contribution is -2.50. The Labute approximate surface area is 134 Å². The van der Waals surface area contributed by atoms with Crippen LogP contribution in [0.25, 0.3) is 0 Å². The molecule has 0 fully saturated rings. The van der Waals surface area contributed by atoms with Crippen molar-refractivity contribution in [3.63, 3.8) is 0 Å². The molecule has 22 heavy (non-hydrogen) atoms. The van der Waals surface area contributed by atoms with Gasteiger partial charge < -0.3 is 23.4 Å². The van der Waals surface area contributed by atoms with Crippen LogP contribution in [-0.2, 0) is 28.2 Å². The largest absolute Gasteiger partial charge is 0.460 e.